The van der Waals surface area contributed by atoms with Crippen molar-refractivity contribution in [1.82, 2.24) is 4.98 Å². The Morgan fingerprint density at radius 1 is 0.806 bits per heavy atom. The zero-order valence-corrected chi connectivity index (χ0v) is 18.0. The van der Waals surface area contributed by atoms with Crippen LogP contribution in [-0.2, 0) is 11.2 Å². The van der Waals surface area contributed by atoms with Crippen LogP contribution in [0.2, 0.25) is 0 Å². The van der Waals surface area contributed by atoms with Crippen LogP contribution in [-0.4, -0.2) is 23.5 Å². The zero-order chi connectivity index (χ0) is 22.1. The summed E-state index contributed by atoms with van der Waals surface area (Å²) in [6.07, 6.45) is 6.59. The Balaban J connectivity index is 1.60. The molecule has 0 N–H and O–H groups in total. The van der Waals surface area contributed by atoms with E-state index in [1.54, 1.807) is 43.3 Å². The number of carbonyl (C=O) groups is 2. The zero-order valence-electron chi connectivity index (χ0n) is 18.0. The molecule has 5 heteroatoms. The second kappa shape index (κ2) is 11.1. The lowest BCUT2D eigenvalue weighted by Gasteiger charge is -2.07. The summed E-state index contributed by atoms with van der Waals surface area (Å²) in [5, 5.41) is 0. The number of rotatable bonds is 9. The van der Waals surface area contributed by atoms with Gasteiger partial charge in [0.15, 0.2) is 0 Å². The molecular formula is C26H27NO4. The minimum Gasteiger partial charge on any atom is -0.462 e. The Morgan fingerprint density at radius 2 is 1.48 bits per heavy atom. The maximum atomic E-state index is 12.4. The van der Waals surface area contributed by atoms with Gasteiger partial charge in [0, 0.05) is 11.8 Å². The SMILES string of the molecule is CCCCCc1ccc(-c2ccc(C(=O)Oc3ccc(C(=O)OCC)cc3)cc2)nc1. The molecule has 160 valence electrons. The molecule has 1 heterocycles. The van der Waals surface area contributed by atoms with E-state index in [1.807, 2.05) is 24.4 Å². The van der Waals surface area contributed by atoms with Gasteiger partial charge in [0.2, 0.25) is 0 Å². The second-order valence-electron chi connectivity index (χ2n) is 7.22. The van der Waals surface area contributed by atoms with Crippen LogP contribution in [0.15, 0.2) is 66.9 Å². The number of hydrogen-bond donors (Lipinski definition) is 0. The molecule has 3 rings (SSSR count). The highest BCUT2D eigenvalue weighted by molar-refractivity contribution is 5.92. The summed E-state index contributed by atoms with van der Waals surface area (Å²) in [7, 11) is 0. The van der Waals surface area contributed by atoms with Crippen molar-refractivity contribution in [2.45, 2.75) is 39.5 Å². The van der Waals surface area contributed by atoms with Gasteiger partial charge in [-0.15, -0.1) is 0 Å². The van der Waals surface area contributed by atoms with Crippen molar-refractivity contribution in [1.29, 1.82) is 0 Å². The minimum absolute atomic E-state index is 0.310. The van der Waals surface area contributed by atoms with Gasteiger partial charge in [0.1, 0.15) is 5.75 Å². The lowest BCUT2D eigenvalue weighted by molar-refractivity contribution is 0.0526. The average molecular weight is 418 g/mol. The van der Waals surface area contributed by atoms with E-state index in [1.165, 1.54) is 24.8 Å². The fraction of sp³-hybridized carbons (Fsp3) is 0.269. The number of hydrogen-bond acceptors (Lipinski definition) is 5. The van der Waals surface area contributed by atoms with Gasteiger partial charge in [-0.25, -0.2) is 9.59 Å². The van der Waals surface area contributed by atoms with Crippen molar-refractivity contribution < 1.29 is 19.1 Å². The molecule has 0 aliphatic heterocycles. The monoisotopic (exact) mass is 417 g/mol. The third-order valence-electron chi connectivity index (χ3n) is 4.89. The van der Waals surface area contributed by atoms with E-state index in [0.717, 1.165) is 17.7 Å². The molecule has 1 aromatic heterocycles. The molecule has 0 aliphatic carbocycles. The Bertz CT molecular complexity index is 993. The Labute approximate surface area is 183 Å². The van der Waals surface area contributed by atoms with Crippen LogP contribution >= 0.6 is 0 Å². The Kier molecular flexibility index (Phi) is 7.93. The van der Waals surface area contributed by atoms with Crippen LogP contribution in [0.5, 0.6) is 5.75 Å². The number of aryl methyl sites for hydroxylation is 1. The highest BCUT2D eigenvalue weighted by Gasteiger charge is 2.11. The summed E-state index contributed by atoms with van der Waals surface area (Å²) in [5.41, 5.74) is 3.90. The van der Waals surface area contributed by atoms with Crippen LogP contribution < -0.4 is 4.74 Å². The fourth-order valence-electron chi connectivity index (χ4n) is 3.14. The topological polar surface area (TPSA) is 65.5 Å². The largest absolute Gasteiger partial charge is 0.462 e. The summed E-state index contributed by atoms with van der Waals surface area (Å²) in [5.74, 6) is -0.504. The maximum Gasteiger partial charge on any atom is 0.343 e. The summed E-state index contributed by atoms with van der Waals surface area (Å²) < 4.78 is 10.3. The van der Waals surface area contributed by atoms with Crippen molar-refractivity contribution in [3.05, 3.63) is 83.6 Å². The lowest BCUT2D eigenvalue weighted by atomic mass is 10.1. The first-order valence-electron chi connectivity index (χ1n) is 10.7. The van der Waals surface area contributed by atoms with Gasteiger partial charge in [0.25, 0.3) is 0 Å². The Morgan fingerprint density at radius 3 is 2.10 bits per heavy atom. The molecular weight excluding hydrogens is 390 g/mol. The number of benzene rings is 2. The van der Waals surface area contributed by atoms with Gasteiger partial charge in [0.05, 0.1) is 23.4 Å². The fourth-order valence-corrected chi connectivity index (χ4v) is 3.14. The quantitative estimate of drug-likeness (QED) is 0.247. The smallest absolute Gasteiger partial charge is 0.343 e. The van der Waals surface area contributed by atoms with E-state index < -0.39 is 11.9 Å². The standard InChI is InChI=1S/C26H27NO4/c1-3-5-6-7-19-8-17-24(27-18-19)20-9-11-22(12-10-20)26(29)31-23-15-13-21(14-16-23)25(28)30-4-2/h8-18H,3-7H2,1-2H3. The van der Waals surface area contributed by atoms with E-state index in [4.69, 9.17) is 9.47 Å². The predicted octanol–water partition coefficient (Wildman–Crippen LogP) is 5.88. The van der Waals surface area contributed by atoms with E-state index in [9.17, 15) is 9.59 Å². The molecule has 0 bridgehead atoms. The molecule has 3 aromatic rings. The van der Waals surface area contributed by atoms with E-state index in [-0.39, 0.29) is 0 Å². The Hall–Kier alpha value is -3.47. The van der Waals surface area contributed by atoms with Crippen molar-refractivity contribution >= 4 is 11.9 Å². The number of carbonyl (C=O) groups excluding carboxylic acids is 2. The van der Waals surface area contributed by atoms with E-state index in [0.29, 0.717) is 23.5 Å². The molecule has 0 radical (unpaired) electrons. The first-order chi connectivity index (χ1) is 15.1. The molecule has 0 atom stereocenters. The molecule has 0 saturated heterocycles. The number of esters is 2. The van der Waals surface area contributed by atoms with Crippen LogP contribution in [0, 0.1) is 0 Å². The number of aromatic nitrogens is 1. The van der Waals surface area contributed by atoms with Gasteiger partial charge in [-0.2, -0.15) is 0 Å². The van der Waals surface area contributed by atoms with Gasteiger partial charge in [-0.1, -0.05) is 38.0 Å². The lowest BCUT2D eigenvalue weighted by Crippen LogP contribution is -2.09. The molecule has 0 unspecified atom stereocenters. The minimum atomic E-state index is -0.463. The number of nitrogens with zero attached hydrogens (tertiary/aromatic N) is 1. The number of pyridine rings is 1. The van der Waals surface area contributed by atoms with Crippen LogP contribution in [0.4, 0.5) is 0 Å². The number of ether oxygens (including phenoxy) is 2. The van der Waals surface area contributed by atoms with Crippen LogP contribution in [0.3, 0.4) is 0 Å². The molecule has 0 saturated carbocycles. The first kappa shape index (κ1) is 22.2. The van der Waals surface area contributed by atoms with Gasteiger partial charge in [-0.3, -0.25) is 4.98 Å². The normalized spacial score (nSPS) is 10.5. The van der Waals surface area contributed by atoms with Crippen molar-refractivity contribution in [3.8, 4) is 17.0 Å². The first-order valence-corrected chi connectivity index (χ1v) is 10.7. The molecule has 0 spiro atoms. The summed E-state index contributed by atoms with van der Waals surface area (Å²) in [6.45, 7) is 4.26. The summed E-state index contributed by atoms with van der Waals surface area (Å²) in [4.78, 5) is 28.7. The molecule has 0 aliphatic rings. The predicted molar refractivity (Wildman–Crippen MR) is 120 cm³/mol. The highest BCUT2D eigenvalue weighted by Crippen LogP contribution is 2.20. The molecule has 5 nitrogen and oxygen atoms in total. The molecule has 0 amide bonds. The van der Waals surface area contributed by atoms with Gasteiger partial charge < -0.3 is 9.47 Å². The van der Waals surface area contributed by atoms with Crippen LogP contribution in [0.1, 0.15) is 59.4 Å². The summed E-state index contributed by atoms with van der Waals surface area (Å²) in [6, 6.07) is 17.6. The third-order valence-corrected chi connectivity index (χ3v) is 4.89. The van der Waals surface area contributed by atoms with E-state index in [2.05, 4.69) is 18.0 Å². The third kappa shape index (κ3) is 6.25. The average Bonchev–Trinajstić information content (AvgIpc) is 2.80. The molecule has 31 heavy (non-hydrogen) atoms. The maximum absolute atomic E-state index is 12.4. The van der Waals surface area contributed by atoms with Crippen LogP contribution in [0.25, 0.3) is 11.3 Å². The summed E-state index contributed by atoms with van der Waals surface area (Å²) >= 11 is 0. The van der Waals surface area contributed by atoms with Crippen molar-refractivity contribution in [2.24, 2.45) is 0 Å². The highest BCUT2D eigenvalue weighted by atomic mass is 16.5. The molecule has 2 aromatic carbocycles. The van der Waals surface area contributed by atoms with Crippen molar-refractivity contribution in [2.75, 3.05) is 6.61 Å². The second-order valence-corrected chi connectivity index (χ2v) is 7.22. The van der Waals surface area contributed by atoms with Gasteiger partial charge >= 0.3 is 11.9 Å². The van der Waals surface area contributed by atoms with Crippen molar-refractivity contribution in [3.63, 3.8) is 0 Å². The van der Waals surface area contributed by atoms with E-state index >= 15 is 0 Å². The number of unbranched alkanes of at least 4 members (excludes halogenated alkanes) is 2. The molecule has 0 fully saturated rings. The van der Waals surface area contributed by atoms with Gasteiger partial charge in [-0.05, 0) is 67.8 Å².